The van der Waals surface area contributed by atoms with Gasteiger partial charge >= 0.3 is 0 Å². The Labute approximate surface area is 113 Å². The van der Waals surface area contributed by atoms with E-state index in [0.29, 0.717) is 0 Å². The van der Waals surface area contributed by atoms with E-state index in [-0.39, 0.29) is 0 Å². The summed E-state index contributed by atoms with van der Waals surface area (Å²) >= 11 is 0. The van der Waals surface area contributed by atoms with E-state index < -0.39 is 0 Å². The third-order valence-electron chi connectivity index (χ3n) is 2.90. The fraction of sp³-hybridized carbons (Fsp3) is 0.357. The highest BCUT2D eigenvalue weighted by atomic mass is 16.5. The van der Waals surface area contributed by atoms with Crippen molar-refractivity contribution < 1.29 is 9.47 Å². The van der Waals surface area contributed by atoms with E-state index >= 15 is 0 Å². The first-order chi connectivity index (χ1) is 9.33. The lowest BCUT2D eigenvalue weighted by Gasteiger charge is -2.11. The molecule has 0 saturated carbocycles. The Hall–Kier alpha value is -2.01. The molecule has 102 valence electrons. The van der Waals surface area contributed by atoms with Crippen molar-refractivity contribution >= 4 is 0 Å². The molecule has 0 aliphatic heterocycles. The Morgan fingerprint density at radius 1 is 1.26 bits per heavy atom. The van der Waals surface area contributed by atoms with Crippen molar-refractivity contribution in [3.63, 3.8) is 0 Å². The number of hydrogen-bond donors (Lipinski definition) is 2. The molecule has 0 radical (unpaired) electrons. The quantitative estimate of drug-likeness (QED) is 0.746. The van der Waals surface area contributed by atoms with Crippen molar-refractivity contribution in [2.75, 3.05) is 20.8 Å². The van der Waals surface area contributed by atoms with Crippen LogP contribution in [0.3, 0.4) is 0 Å². The van der Waals surface area contributed by atoms with Gasteiger partial charge in [-0.3, -0.25) is 0 Å². The molecule has 0 atom stereocenters. The summed E-state index contributed by atoms with van der Waals surface area (Å²) in [5, 5.41) is 3.37. The van der Waals surface area contributed by atoms with E-state index in [2.05, 4.69) is 15.3 Å². The highest BCUT2D eigenvalue weighted by molar-refractivity contribution is 5.40. The highest BCUT2D eigenvalue weighted by Crippen LogP contribution is 2.23. The SMILES string of the molecule is COc1ccc(OC)c(CNCCc2ncc[nH]2)c1. The average Bonchev–Trinajstić information content (AvgIpc) is 2.96. The van der Waals surface area contributed by atoms with Crippen LogP contribution in [0.25, 0.3) is 0 Å². The minimum Gasteiger partial charge on any atom is -0.497 e. The van der Waals surface area contributed by atoms with Crippen LogP contribution in [0.1, 0.15) is 11.4 Å². The second-order valence-electron chi connectivity index (χ2n) is 4.14. The van der Waals surface area contributed by atoms with Gasteiger partial charge in [-0.25, -0.2) is 4.98 Å². The summed E-state index contributed by atoms with van der Waals surface area (Å²) in [4.78, 5) is 7.26. The maximum absolute atomic E-state index is 5.33. The van der Waals surface area contributed by atoms with Crippen molar-refractivity contribution in [3.8, 4) is 11.5 Å². The standard InChI is InChI=1S/C14H19N3O2/c1-18-12-3-4-13(19-2)11(9-12)10-15-6-5-14-16-7-8-17-14/h3-4,7-9,15H,5-6,10H2,1-2H3,(H,16,17). The lowest BCUT2D eigenvalue weighted by molar-refractivity contribution is 0.397. The van der Waals surface area contributed by atoms with E-state index in [1.807, 2.05) is 24.4 Å². The molecule has 0 bridgehead atoms. The first-order valence-electron chi connectivity index (χ1n) is 6.23. The number of hydrogen-bond acceptors (Lipinski definition) is 4. The fourth-order valence-electron chi connectivity index (χ4n) is 1.88. The molecule has 0 amide bonds. The number of H-pyrrole nitrogens is 1. The van der Waals surface area contributed by atoms with Gasteiger partial charge in [-0.2, -0.15) is 0 Å². The van der Waals surface area contributed by atoms with Gasteiger partial charge in [0.15, 0.2) is 0 Å². The fourth-order valence-corrected chi connectivity index (χ4v) is 1.88. The van der Waals surface area contributed by atoms with Crippen LogP contribution < -0.4 is 14.8 Å². The predicted molar refractivity (Wildman–Crippen MR) is 73.5 cm³/mol. The number of nitrogens with one attached hydrogen (secondary N) is 2. The number of methoxy groups -OCH3 is 2. The van der Waals surface area contributed by atoms with Gasteiger partial charge in [-0.1, -0.05) is 0 Å². The molecule has 0 spiro atoms. The summed E-state index contributed by atoms with van der Waals surface area (Å²) in [5.41, 5.74) is 1.08. The van der Waals surface area contributed by atoms with Crippen molar-refractivity contribution in [3.05, 3.63) is 42.0 Å². The van der Waals surface area contributed by atoms with Gasteiger partial charge < -0.3 is 19.8 Å². The van der Waals surface area contributed by atoms with Gasteiger partial charge in [-0.15, -0.1) is 0 Å². The zero-order chi connectivity index (χ0) is 13.5. The lowest BCUT2D eigenvalue weighted by Crippen LogP contribution is -2.17. The number of nitrogens with zero attached hydrogens (tertiary/aromatic N) is 1. The number of aromatic amines is 1. The van der Waals surface area contributed by atoms with Crippen molar-refractivity contribution in [2.45, 2.75) is 13.0 Å². The Bertz CT molecular complexity index is 497. The number of imidazole rings is 1. The van der Waals surface area contributed by atoms with Crippen LogP contribution in [0.4, 0.5) is 0 Å². The minimum atomic E-state index is 0.737. The molecule has 2 rings (SSSR count). The van der Waals surface area contributed by atoms with E-state index in [4.69, 9.17) is 9.47 Å². The first-order valence-corrected chi connectivity index (χ1v) is 6.23. The molecule has 0 aliphatic carbocycles. The Kier molecular flexibility index (Phi) is 4.80. The van der Waals surface area contributed by atoms with Crippen LogP contribution in [0.15, 0.2) is 30.6 Å². The Balaban J connectivity index is 1.87. The van der Waals surface area contributed by atoms with Crippen LogP contribution >= 0.6 is 0 Å². The van der Waals surface area contributed by atoms with E-state index in [1.54, 1.807) is 20.4 Å². The molecule has 5 nitrogen and oxygen atoms in total. The molecular weight excluding hydrogens is 242 g/mol. The van der Waals surface area contributed by atoms with Gasteiger partial charge in [0.25, 0.3) is 0 Å². The van der Waals surface area contributed by atoms with Crippen LogP contribution in [0, 0.1) is 0 Å². The summed E-state index contributed by atoms with van der Waals surface area (Å²) in [6.45, 7) is 1.59. The van der Waals surface area contributed by atoms with Crippen LogP contribution in [0.2, 0.25) is 0 Å². The van der Waals surface area contributed by atoms with Gasteiger partial charge in [0.2, 0.25) is 0 Å². The highest BCUT2D eigenvalue weighted by Gasteiger charge is 2.04. The van der Waals surface area contributed by atoms with Gasteiger partial charge in [0, 0.05) is 37.5 Å². The first kappa shape index (κ1) is 13.4. The van der Waals surface area contributed by atoms with Crippen molar-refractivity contribution in [1.29, 1.82) is 0 Å². The van der Waals surface area contributed by atoms with Crippen molar-refractivity contribution in [1.82, 2.24) is 15.3 Å². The van der Waals surface area contributed by atoms with E-state index in [0.717, 1.165) is 42.4 Å². The summed E-state index contributed by atoms with van der Waals surface area (Å²) in [7, 11) is 3.34. The molecule has 0 unspecified atom stereocenters. The molecule has 0 aliphatic rings. The number of benzene rings is 1. The van der Waals surface area contributed by atoms with E-state index in [1.165, 1.54) is 0 Å². The molecule has 2 N–H and O–H groups in total. The van der Waals surface area contributed by atoms with Gasteiger partial charge in [-0.05, 0) is 18.2 Å². The second kappa shape index (κ2) is 6.80. The monoisotopic (exact) mass is 261 g/mol. The smallest absolute Gasteiger partial charge is 0.123 e. The summed E-state index contributed by atoms with van der Waals surface area (Å²) < 4.78 is 10.6. The van der Waals surface area contributed by atoms with Crippen molar-refractivity contribution in [2.24, 2.45) is 0 Å². The maximum Gasteiger partial charge on any atom is 0.123 e. The molecule has 0 fully saturated rings. The van der Waals surface area contributed by atoms with Gasteiger partial charge in [0.1, 0.15) is 17.3 Å². The maximum atomic E-state index is 5.33. The summed E-state index contributed by atoms with van der Waals surface area (Å²) in [6, 6.07) is 5.80. The molecular formula is C14H19N3O2. The van der Waals surface area contributed by atoms with Crippen LogP contribution in [-0.4, -0.2) is 30.7 Å². The molecule has 19 heavy (non-hydrogen) atoms. The summed E-state index contributed by atoms with van der Waals surface area (Å²) in [6.07, 6.45) is 4.47. The number of rotatable bonds is 7. The Morgan fingerprint density at radius 2 is 2.16 bits per heavy atom. The average molecular weight is 261 g/mol. The summed E-state index contributed by atoms with van der Waals surface area (Å²) in [5.74, 6) is 2.69. The van der Waals surface area contributed by atoms with Crippen LogP contribution in [0.5, 0.6) is 11.5 Å². The second-order valence-corrected chi connectivity index (χ2v) is 4.14. The predicted octanol–water partition coefficient (Wildman–Crippen LogP) is 1.76. The Morgan fingerprint density at radius 3 is 2.84 bits per heavy atom. The number of ether oxygens (including phenoxy) is 2. The largest absolute Gasteiger partial charge is 0.497 e. The van der Waals surface area contributed by atoms with Gasteiger partial charge in [0.05, 0.1) is 14.2 Å². The zero-order valence-corrected chi connectivity index (χ0v) is 11.3. The third kappa shape index (κ3) is 3.72. The molecule has 1 heterocycles. The van der Waals surface area contributed by atoms with E-state index in [9.17, 15) is 0 Å². The molecule has 0 saturated heterocycles. The minimum absolute atomic E-state index is 0.737. The zero-order valence-electron chi connectivity index (χ0n) is 11.3. The van der Waals surface area contributed by atoms with Crippen LogP contribution in [-0.2, 0) is 13.0 Å². The number of aromatic nitrogens is 2. The third-order valence-corrected chi connectivity index (χ3v) is 2.90. The molecule has 1 aromatic heterocycles. The molecule has 5 heteroatoms. The normalized spacial score (nSPS) is 10.4. The topological polar surface area (TPSA) is 59.2 Å². The lowest BCUT2D eigenvalue weighted by atomic mass is 10.2. The molecule has 2 aromatic rings. The molecule has 1 aromatic carbocycles.